The maximum Gasteiger partial charge on any atom is 0.231 e. The lowest BCUT2D eigenvalue weighted by molar-refractivity contribution is 0.386. The Hall–Kier alpha value is -2.95. The number of aromatic amines is 1. The van der Waals surface area contributed by atoms with Gasteiger partial charge in [-0.25, -0.2) is 0 Å². The predicted molar refractivity (Wildman–Crippen MR) is 78.6 cm³/mol. The zero-order chi connectivity index (χ0) is 14.1. The fourth-order valence-corrected chi connectivity index (χ4v) is 2.38. The molecule has 0 atom stereocenters. The van der Waals surface area contributed by atoms with Crippen molar-refractivity contribution in [1.82, 2.24) is 20.1 Å². The number of benzene rings is 1. The smallest absolute Gasteiger partial charge is 0.231 e. The number of aromatic nitrogens is 4. The molecule has 3 aromatic heterocycles. The molecule has 5 nitrogen and oxygen atoms in total. The van der Waals surface area contributed by atoms with Gasteiger partial charge < -0.3 is 9.51 Å². The Morgan fingerprint density at radius 1 is 1.10 bits per heavy atom. The number of fused-ring (bicyclic) bond motifs is 1. The number of hydrogen-bond acceptors (Lipinski definition) is 4. The van der Waals surface area contributed by atoms with E-state index in [1.54, 1.807) is 12.4 Å². The molecular formula is C16H12N4O. The van der Waals surface area contributed by atoms with Crippen LogP contribution in [0.4, 0.5) is 0 Å². The molecule has 4 aromatic rings. The van der Waals surface area contributed by atoms with Gasteiger partial charge in [0.15, 0.2) is 0 Å². The molecule has 0 saturated carbocycles. The maximum absolute atomic E-state index is 5.34. The third-order valence-electron chi connectivity index (χ3n) is 3.40. The monoisotopic (exact) mass is 276 g/mol. The second kappa shape index (κ2) is 4.86. The maximum atomic E-state index is 5.34. The molecule has 3 heterocycles. The molecule has 0 aliphatic rings. The van der Waals surface area contributed by atoms with E-state index in [9.17, 15) is 0 Å². The first-order valence-corrected chi connectivity index (χ1v) is 6.68. The first-order valence-electron chi connectivity index (χ1n) is 6.68. The summed E-state index contributed by atoms with van der Waals surface area (Å²) in [6.45, 7) is 0. The van der Waals surface area contributed by atoms with Gasteiger partial charge in [0.2, 0.25) is 11.7 Å². The number of pyridine rings is 1. The molecule has 5 heteroatoms. The Balaban J connectivity index is 1.65. The highest BCUT2D eigenvalue weighted by Gasteiger charge is 2.11. The summed E-state index contributed by atoms with van der Waals surface area (Å²) in [5.41, 5.74) is 3.11. The molecular weight excluding hydrogens is 264 g/mol. The van der Waals surface area contributed by atoms with Crippen molar-refractivity contribution in [2.24, 2.45) is 0 Å². The van der Waals surface area contributed by atoms with Crippen LogP contribution in [0.2, 0.25) is 0 Å². The van der Waals surface area contributed by atoms with Crippen LogP contribution in [0.25, 0.3) is 22.3 Å². The number of para-hydroxylation sites is 1. The van der Waals surface area contributed by atoms with E-state index in [4.69, 9.17) is 4.52 Å². The van der Waals surface area contributed by atoms with Gasteiger partial charge in [0.1, 0.15) is 0 Å². The van der Waals surface area contributed by atoms with Gasteiger partial charge >= 0.3 is 0 Å². The molecule has 0 spiro atoms. The van der Waals surface area contributed by atoms with Crippen LogP contribution >= 0.6 is 0 Å². The molecule has 0 fully saturated rings. The van der Waals surface area contributed by atoms with Crippen molar-refractivity contribution >= 4 is 10.9 Å². The lowest BCUT2D eigenvalue weighted by atomic mass is 10.1. The predicted octanol–water partition coefficient (Wildman–Crippen LogP) is 3.20. The Morgan fingerprint density at radius 2 is 2.05 bits per heavy atom. The fraction of sp³-hybridized carbons (Fsp3) is 0.0625. The first-order chi connectivity index (χ1) is 10.4. The summed E-state index contributed by atoms with van der Waals surface area (Å²) in [6.07, 6.45) is 6.03. The molecule has 0 aliphatic heterocycles. The first kappa shape index (κ1) is 11.8. The molecule has 0 bridgehead atoms. The van der Waals surface area contributed by atoms with Crippen LogP contribution in [0, 0.1) is 0 Å². The van der Waals surface area contributed by atoms with Gasteiger partial charge in [0.25, 0.3) is 0 Å². The minimum atomic E-state index is 0.568. The van der Waals surface area contributed by atoms with E-state index < -0.39 is 0 Å². The largest absolute Gasteiger partial charge is 0.361 e. The number of nitrogens with zero attached hydrogens (tertiary/aromatic N) is 3. The minimum Gasteiger partial charge on any atom is -0.361 e. The quantitative estimate of drug-likeness (QED) is 0.624. The van der Waals surface area contributed by atoms with Gasteiger partial charge in [-0.1, -0.05) is 23.4 Å². The Morgan fingerprint density at radius 3 is 2.95 bits per heavy atom. The van der Waals surface area contributed by atoms with Gasteiger partial charge in [-0.3, -0.25) is 4.98 Å². The Bertz CT molecular complexity index is 879. The van der Waals surface area contributed by atoms with Crippen LogP contribution in [0.15, 0.2) is 59.5 Å². The van der Waals surface area contributed by atoms with Gasteiger partial charge in [-0.2, -0.15) is 4.98 Å². The van der Waals surface area contributed by atoms with Crippen LogP contribution in [0.1, 0.15) is 11.5 Å². The van der Waals surface area contributed by atoms with Crippen LogP contribution in [-0.4, -0.2) is 20.1 Å². The van der Waals surface area contributed by atoms with Crippen molar-refractivity contribution in [3.05, 3.63) is 66.4 Å². The standard InChI is InChI=1S/C16H12N4O/c1-2-6-14-13(5-1)12(10-18-14)8-15-19-16(20-21-15)11-4-3-7-17-9-11/h1-7,9-10,18H,8H2. The van der Waals surface area contributed by atoms with Crippen LogP contribution in [0.5, 0.6) is 0 Å². The van der Waals surface area contributed by atoms with E-state index in [0.717, 1.165) is 16.6 Å². The molecule has 21 heavy (non-hydrogen) atoms. The molecule has 0 amide bonds. The normalized spacial score (nSPS) is 11.0. The van der Waals surface area contributed by atoms with E-state index in [1.165, 1.54) is 5.39 Å². The summed E-state index contributed by atoms with van der Waals surface area (Å²) >= 11 is 0. The molecule has 1 aromatic carbocycles. The lowest BCUT2D eigenvalue weighted by Crippen LogP contribution is -1.87. The highest BCUT2D eigenvalue weighted by molar-refractivity contribution is 5.83. The molecule has 0 aliphatic carbocycles. The van der Waals surface area contributed by atoms with Gasteiger partial charge in [-0.15, -0.1) is 0 Å². The molecule has 0 saturated heterocycles. The van der Waals surface area contributed by atoms with Crippen molar-refractivity contribution in [3.8, 4) is 11.4 Å². The lowest BCUT2D eigenvalue weighted by Gasteiger charge is -1.94. The number of rotatable bonds is 3. The summed E-state index contributed by atoms with van der Waals surface area (Å²) < 4.78 is 5.34. The number of nitrogens with one attached hydrogen (secondary N) is 1. The van der Waals surface area contributed by atoms with Crippen molar-refractivity contribution < 1.29 is 4.52 Å². The van der Waals surface area contributed by atoms with Crippen LogP contribution in [-0.2, 0) is 6.42 Å². The van der Waals surface area contributed by atoms with E-state index in [-0.39, 0.29) is 0 Å². The Kier molecular flexibility index (Phi) is 2.74. The summed E-state index contributed by atoms with van der Waals surface area (Å²) in [5, 5.41) is 5.19. The summed E-state index contributed by atoms with van der Waals surface area (Å²) in [5.74, 6) is 1.16. The molecule has 0 unspecified atom stereocenters. The van der Waals surface area contributed by atoms with Crippen molar-refractivity contribution in [3.63, 3.8) is 0 Å². The second-order valence-corrected chi connectivity index (χ2v) is 4.79. The van der Waals surface area contributed by atoms with E-state index in [1.807, 2.05) is 36.5 Å². The van der Waals surface area contributed by atoms with Gasteiger partial charge in [-0.05, 0) is 23.8 Å². The number of H-pyrrole nitrogens is 1. The van der Waals surface area contributed by atoms with E-state index in [0.29, 0.717) is 18.1 Å². The fourth-order valence-electron chi connectivity index (χ4n) is 2.38. The average molecular weight is 276 g/mol. The topological polar surface area (TPSA) is 67.6 Å². The summed E-state index contributed by atoms with van der Waals surface area (Å²) in [4.78, 5) is 11.7. The van der Waals surface area contributed by atoms with Crippen molar-refractivity contribution in [2.45, 2.75) is 6.42 Å². The van der Waals surface area contributed by atoms with Crippen LogP contribution < -0.4 is 0 Å². The van der Waals surface area contributed by atoms with Crippen molar-refractivity contribution in [2.75, 3.05) is 0 Å². The zero-order valence-electron chi connectivity index (χ0n) is 11.2. The average Bonchev–Trinajstić information content (AvgIpc) is 3.17. The number of hydrogen-bond donors (Lipinski definition) is 1. The molecule has 0 radical (unpaired) electrons. The highest BCUT2D eigenvalue weighted by atomic mass is 16.5. The third-order valence-corrected chi connectivity index (χ3v) is 3.40. The van der Waals surface area contributed by atoms with E-state index >= 15 is 0 Å². The molecule has 1 N–H and O–H groups in total. The van der Waals surface area contributed by atoms with Crippen LogP contribution in [0.3, 0.4) is 0 Å². The van der Waals surface area contributed by atoms with Gasteiger partial charge in [0.05, 0.1) is 6.42 Å². The second-order valence-electron chi connectivity index (χ2n) is 4.79. The van der Waals surface area contributed by atoms with Crippen molar-refractivity contribution in [1.29, 1.82) is 0 Å². The van der Waals surface area contributed by atoms with E-state index in [2.05, 4.69) is 26.2 Å². The summed E-state index contributed by atoms with van der Waals surface area (Å²) in [6, 6.07) is 11.9. The molecule has 4 rings (SSSR count). The summed E-state index contributed by atoms with van der Waals surface area (Å²) in [7, 11) is 0. The third kappa shape index (κ3) is 2.18. The SMILES string of the molecule is c1cncc(-c2noc(Cc3c[nH]c4ccccc34)n2)c1. The zero-order valence-corrected chi connectivity index (χ0v) is 11.2. The van der Waals surface area contributed by atoms with Gasteiger partial charge in [0, 0.05) is 35.1 Å². The Labute approximate surface area is 120 Å². The highest BCUT2D eigenvalue weighted by Crippen LogP contribution is 2.21. The minimum absolute atomic E-state index is 0.568. The molecule has 102 valence electrons.